The maximum Gasteiger partial charge on any atom is 0.248 e. The van der Waals surface area contributed by atoms with E-state index in [1.54, 1.807) is 25.2 Å². The zero-order valence-electron chi connectivity index (χ0n) is 20.9. The number of primary amides is 1. The molecule has 3 N–H and O–H groups in total. The molecular formula is C27H27F3N4O4S. The average Bonchev–Trinajstić information content (AvgIpc) is 3.40. The number of amides is 1. The summed E-state index contributed by atoms with van der Waals surface area (Å²) in [5.74, 6) is -2.87. The summed E-state index contributed by atoms with van der Waals surface area (Å²) >= 11 is 1.35. The number of benzene rings is 2. The second-order valence-electron chi connectivity index (χ2n) is 8.92. The molecule has 2 heterocycles. The highest BCUT2D eigenvalue weighted by atomic mass is 32.2. The number of aliphatic hydroxyl groups is 1. The Balaban J connectivity index is 1.35. The molecule has 39 heavy (non-hydrogen) atoms. The number of rotatable bonds is 10. The van der Waals surface area contributed by atoms with Gasteiger partial charge in [-0.2, -0.15) is 5.10 Å². The van der Waals surface area contributed by atoms with Crippen molar-refractivity contribution in [3.63, 3.8) is 0 Å². The molecule has 1 aliphatic rings. The van der Waals surface area contributed by atoms with Crippen molar-refractivity contribution in [3.8, 4) is 0 Å². The fourth-order valence-electron chi connectivity index (χ4n) is 4.06. The lowest BCUT2D eigenvalue weighted by molar-refractivity contribution is -0.146. The van der Waals surface area contributed by atoms with Crippen LogP contribution < -0.4 is 5.73 Å². The Morgan fingerprint density at radius 1 is 1.21 bits per heavy atom. The summed E-state index contributed by atoms with van der Waals surface area (Å²) in [6.45, 7) is 2.24. The third kappa shape index (κ3) is 7.15. The predicted octanol–water partition coefficient (Wildman–Crippen LogP) is 3.81. The molecule has 2 atom stereocenters. The lowest BCUT2D eigenvalue weighted by atomic mass is 9.90. The van der Waals surface area contributed by atoms with Gasteiger partial charge in [0.15, 0.2) is 6.29 Å². The quantitative estimate of drug-likeness (QED) is 0.363. The van der Waals surface area contributed by atoms with Crippen LogP contribution in [-0.2, 0) is 21.6 Å². The Morgan fingerprint density at radius 2 is 1.97 bits per heavy atom. The minimum Gasteiger partial charge on any atom is -0.382 e. The van der Waals surface area contributed by atoms with Crippen LogP contribution in [0.2, 0.25) is 0 Å². The first-order valence-corrected chi connectivity index (χ1v) is 12.9. The number of hydrogen-bond acceptors (Lipinski definition) is 7. The van der Waals surface area contributed by atoms with E-state index in [1.807, 2.05) is 0 Å². The van der Waals surface area contributed by atoms with Crippen LogP contribution in [0.4, 0.5) is 13.2 Å². The number of thioether (sulfide) groups is 1. The van der Waals surface area contributed by atoms with Crippen LogP contribution in [0, 0.1) is 17.5 Å². The van der Waals surface area contributed by atoms with Crippen molar-refractivity contribution in [2.24, 2.45) is 5.73 Å². The third-order valence-corrected chi connectivity index (χ3v) is 7.62. The molecule has 1 fully saturated rings. The smallest absolute Gasteiger partial charge is 0.248 e. The number of nitrogens with two attached hydrogens (primary N) is 1. The Bertz CT molecular complexity index is 1350. The van der Waals surface area contributed by atoms with E-state index in [4.69, 9.17) is 15.2 Å². The maximum atomic E-state index is 14.7. The molecule has 2 aromatic carbocycles. The molecule has 0 bridgehead atoms. The van der Waals surface area contributed by atoms with Crippen LogP contribution in [0.3, 0.4) is 0 Å². The summed E-state index contributed by atoms with van der Waals surface area (Å²) in [6, 6.07) is 7.05. The van der Waals surface area contributed by atoms with Gasteiger partial charge in [-0.1, -0.05) is 37.3 Å². The van der Waals surface area contributed by atoms with Gasteiger partial charge in [-0.3, -0.25) is 4.79 Å². The number of carbonyl (C=O) groups excluding carboxylic acids is 1. The van der Waals surface area contributed by atoms with Gasteiger partial charge in [0.25, 0.3) is 0 Å². The van der Waals surface area contributed by atoms with E-state index in [9.17, 15) is 23.1 Å². The second kappa shape index (κ2) is 12.6. The second-order valence-corrected chi connectivity index (χ2v) is 10.6. The topological polar surface area (TPSA) is 112 Å². The first-order valence-electron chi connectivity index (χ1n) is 12.0. The van der Waals surface area contributed by atoms with Gasteiger partial charge in [-0.05, 0) is 24.3 Å². The highest BCUT2D eigenvalue weighted by Crippen LogP contribution is 2.38. The molecule has 8 nitrogen and oxygen atoms in total. The molecule has 206 valence electrons. The number of nitrogens with zero attached hydrogens (tertiary/aromatic N) is 3. The normalized spacial score (nSPS) is 20.3. The maximum absolute atomic E-state index is 14.7. The standard InChI is InChI=1S/C27H27F3N4O4S/c1-17(27(36,14-34-16-32-15-33-34)22-9-8-20(28)11-24(22)30)39-21-12-37-25(38-13-21)5-3-2-4-18-6-7-19(26(31)35)10-23(18)29/h2-11,15-17,21,25,36H,12-14H2,1H3,(H2,31,35)/b4-2+,5-3+/t17-,21?,25?,27-/m1/s1. The van der Waals surface area contributed by atoms with Crippen LogP contribution in [0.1, 0.15) is 28.4 Å². The van der Waals surface area contributed by atoms with E-state index < -0.39 is 40.5 Å². The summed E-state index contributed by atoms with van der Waals surface area (Å²) in [5.41, 5.74) is 3.74. The Morgan fingerprint density at radius 3 is 2.62 bits per heavy atom. The SMILES string of the molecule is C[C@@H](SC1COC(/C=C/C=C/c2ccc(C(N)=O)cc2F)OC1)[C@](O)(Cn1cncn1)c1ccc(F)cc1F. The predicted molar refractivity (Wildman–Crippen MR) is 140 cm³/mol. The molecule has 0 saturated carbocycles. The third-order valence-electron chi connectivity index (χ3n) is 6.17. The molecule has 0 unspecified atom stereocenters. The van der Waals surface area contributed by atoms with Gasteiger partial charge < -0.3 is 20.3 Å². The van der Waals surface area contributed by atoms with Crippen molar-refractivity contribution in [3.05, 3.63) is 101 Å². The minimum atomic E-state index is -1.73. The molecule has 0 radical (unpaired) electrons. The van der Waals surface area contributed by atoms with Crippen molar-refractivity contribution in [2.75, 3.05) is 13.2 Å². The van der Waals surface area contributed by atoms with E-state index in [0.29, 0.717) is 13.2 Å². The van der Waals surface area contributed by atoms with Crippen LogP contribution in [0.15, 0.2) is 67.3 Å². The zero-order chi connectivity index (χ0) is 28.0. The van der Waals surface area contributed by atoms with E-state index in [2.05, 4.69) is 10.1 Å². The van der Waals surface area contributed by atoms with Gasteiger partial charge in [0, 0.05) is 28.0 Å². The molecule has 0 aliphatic carbocycles. The summed E-state index contributed by atoms with van der Waals surface area (Å²) < 4.78 is 55.3. The fourth-order valence-corrected chi connectivity index (χ4v) is 5.37. The first-order chi connectivity index (χ1) is 18.7. The van der Waals surface area contributed by atoms with Crippen LogP contribution in [0.25, 0.3) is 6.08 Å². The van der Waals surface area contributed by atoms with Gasteiger partial charge in [0.1, 0.15) is 35.7 Å². The van der Waals surface area contributed by atoms with E-state index in [-0.39, 0.29) is 28.5 Å². The lowest BCUT2D eigenvalue weighted by Crippen LogP contribution is -2.43. The molecule has 1 amide bonds. The molecule has 4 rings (SSSR count). The summed E-state index contributed by atoms with van der Waals surface area (Å²) in [6.07, 6.45) is 8.53. The van der Waals surface area contributed by atoms with E-state index in [1.165, 1.54) is 53.4 Å². The number of hydrogen-bond donors (Lipinski definition) is 2. The average molecular weight is 561 g/mol. The van der Waals surface area contributed by atoms with Gasteiger partial charge in [0.2, 0.25) is 5.91 Å². The molecular weight excluding hydrogens is 533 g/mol. The highest BCUT2D eigenvalue weighted by Gasteiger charge is 2.41. The zero-order valence-corrected chi connectivity index (χ0v) is 21.7. The van der Waals surface area contributed by atoms with Crippen molar-refractivity contribution in [2.45, 2.75) is 35.9 Å². The molecule has 1 aromatic heterocycles. The Labute approximate surface area is 227 Å². The van der Waals surface area contributed by atoms with Gasteiger partial charge >= 0.3 is 0 Å². The monoisotopic (exact) mass is 560 g/mol. The number of allylic oxidation sites excluding steroid dienone is 2. The lowest BCUT2D eigenvalue weighted by Gasteiger charge is -2.37. The summed E-state index contributed by atoms with van der Waals surface area (Å²) in [7, 11) is 0. The molecule has 0 spiro atoms. The molecule has 1 aliphatic heterocycles. The molecule has 1 saturated heterocycles. The van der Waals surface area contributed by atoms with Crippen LogP contribution in [0.5, 0.6) is 0 Å². The minimum absolute atomic E-state index is 0.0506. The first kappa shape index (κ1) is 28.6. The number of halogens is 3. The van der Waals surface area contributed by atoms with Gasteiger partial charge in [0.05, 0.1) is 25.0 Å². The number of aromatic nitrogens is 3. The Hall–Kier alpha value is -3.45. The van der Waals surface area contributed by atoms with E-state index in [0.717, 1.165) is 18.2 Å². The van der Waals surface area contributed by atoms with Crippen molar-refractivity contribution < 1.29 is 32.5 Å². The van der Waals surface area contributed by atoms with Crippen molar-refractivity contribution in [1.29, 1.82) is 0 Å². The summed E-state index contributed by atoms with van der Waals surface area (Å²) in [5, 5.41) is 14.9. The van der Waals surface area contributed by atoms with E-state index >= 15 is 0 Å². The Kier molecular flexibility index (Phi) is 9.23. The van der Waals surface area contributed by atoms with Gasteiger partial charge in [-0.15, -0.1) is 11.8 Å². The summed E-state index contributed by atoms with van der Waals surface area (Å²) in [4.78, 5) is 15.0. The number of ether oxygens (including phenoxy) is 2. The van der Waals surface area contributed by atoms with Crippen LogP contribution >= 0.6 is 11.8 Å². The molecule has 3 aromatic rings. The number of carbonyl (C=O) groups is 1. The van der Waals surface area contributed by atoms with Gasteiger partial charge in [-0.25, -0.2) is 22.8 Å². The van der Waals surface area contributed by atoms with Crippen molar-refractivity contribution in [1.82, 2.24) is 14.8 Å². The largest absolute Gasteiger partial charge is 0.382 e. The van der Waals surface area contributed by atoms with Crippen LogP contribution in [-0.4, -0.2) is 55.8 Å². The fraction of sp³-hybridized carbons (Fsp3) is 0.296. The van der Waals surface area contributed by atoms with Crippen molar-refractivity contribution >= 4 is 23.7 Å². The highest BCUT2D eigenvalue weighted by molar-refractivity contribution is 8.00. The molecule has 12 heteroatoms.